The van der Waals surface area contributed by atoms with E-state index in [9.17, 15) is 4.79 Å². The van der Waals surface area contributed by atoms with E-state index < -0.39 is 5.91 Å². The van der Waals surface area contributed by atoms with Gasteiger partial charge in [0.2, 0.25) is 5.91 Å². The van der Waals surface area contributed by atoms with Crippen molar-refractivity contribution in [2.75, 3.05) is 18.0 Å². The molecule has 0 radical (unpaired) electrons. The summed E-state index contributed by atoms with van der Waals surface area (Å²) in [5.41, 5.74) is 12.8. The van der Waals surface area contributed by atoms with Crippen molar-refractivity contribution in [2.24, 2.45) is 17.4 Å². The SMILES string of the molecule is CC1CCCN(c2ccc(C(N)=O)cc2Br)C1CN. The van der Waals surface area contributed by atoms with Gasteiger partial charge in [0.25, 0.3) is 0 Å². The van der Waals surface area contributed by atoms with Crippen LogP contribution in [-0.4, -0.2) is 25.0 Å². The second-order valence-corrected chi connectivity index (χ2v) is 6.00. The number of hydrogen-bond acceptors (Lipinski definition) is 3. The number of carbonyl (C=O) groups excluding carboxylic acids is 1. The van der Waals surface area contributed by atoms with Gasteiger partial charge in [0.05, 0.1) is 5.69 Å². The Kier molecular flexibility index (Phi) is 4.47. The second kappa shape index (κ2) is 5.92. The molecule has 0 bridgehead atoms. The zero-order valence-electron chi connectivity index (χ0n) is 11.1. The number of halogens is 1. The Hall–Kier alpha value is -1.07. The highest BCUT2D eigenvalue weighted by Gasteiger charge is 2.28. The molecule has 0 aliphatic carbocycles. The average molecular weight is 326 g/mol. The van der Waals surface area contributed by atoms with Gasteiger partial charge in [-0.3, -0.25) is 4.79 Å². The van der Waals surface area contributed by atoms with Gasteiger partial charge in [-0.25, -0.2) is 0 Å². The highest BCUT2D eigenvalue weighted by atomic mass is 79.9. The molecule has 0 aromatic heterocycles. The number of piperidine rings is 1. The van der Waals surface area contributed by atoms with E-state index >= 15 is 0 Å². The second-order valence-electron chi connectivity index (χ2n) is 5.15. The van der Waals surface area contributed by atoms with Crippen molar-refractivity contribution >= 4 is 27.5 Å². The van der Waals surface area contributed by atoms with Gasteiger partial charge in [-0.1, -0.05) is 6.92 Å². The van der Waals surface area contributed by atoms with E-state index in [4.69, 9.17) is 11.5 Å². The molecule has 4 nitrogen and oxygen atoms in total. The van der Waals surface area contributed by atoms with Gasteiger partial charge in [0.15, 0.2) is 0 Å². The summed E-state index contributed by atoms with van der Waals surface area (Å²) in [6, 6.07) is 5.86. The summed E-state index contributed by atoms with van der Waals surface area (Å²) in [6.07, 6.45) is 2.39. The molecule has 0 saturated carbocycles. The molecule has 4 N–H and O–H groups in total. The average Bonchev–Trinajstić information content (AvgIpc) is 2.38. The molecular formula is C14H20BrN3O. The first-order valence-electron chi connectivity index (χ1n) is 6.60. The topological polar surface area (TPSA) is 72.3 Å². The lowest BCUT2D eigenvalue weighted by atomic mass is 9.90. The van der Waals surface area contributed by atoms with Crippen LogP contribution in [0, 0.1) is 5.92 Å². The van der Waals surface area contributed by atoms with Crippen molar-refractivity contribution in [3.8, 4) is 0 Å². The molecule has 104 valence electrons. The molecule has 19 heavy (non-hydrogen) atoms. The molecule has 1 aliphatic heterocycles. The normalized spacial score (nSPS) is 23.4. The van der Waals surface area contributed by atoms with Crippen LogP contribution >= 0.6 is 15.9 Å². The van der Waals surface area contributed by atoms with Crippen molar-refractivity contribution in [3.63, 3.8) is 0 Å². The Morgan fingerprint density at radius 1 is 1.53 bits per heavy atom. The largest absolute Gasteiger partial charge is 0.366 e. The predicted molar refractivity (Wildman–Crippen MR) is 81.2 cm³/mol. The van der Waals surface area contributed by atoms with Crippen LogP contribution in [0.5, 0.6) is 0 Å². The minimum Gasteiger partial charge on any atom is -0.366 e. The fourth-order valence-corrected chi connectivity index (χ4v) is 3.41. The van der Waals surface area contributed by atoms with Crippen molar-refractivity contribution < 1.29 is 4.79 Å². The van der Waals surface area contributed by atoms with Crippen LogP contribution in [0.2, 0.25) is 0 Å². The standard InChI is InChI=1S/C14H20BrN3O/c1-9-3-2-6-18(13(9)8-16)12-5-4-10(14(17)19)7-11(12)15/h4-5,7,9,13H,2-3,6,8,16H2,1H3,(H2,17,19). The van der Waals surface area contributed by atoms with Gasteiger partial charge in [-0.2, -0.15) is 0 Å². The molecule has 1 aliphatic rings. The summed E-state index contributed by atoms with van der Waals surface area (Å²) in [5, 5.41) is 0. The molecule has 2 atom stereocenters. The number of nitrogens with zero attached hydrogens (tertiary/aromatic N) is 1. The third-order valence-corrected chi connectivity index (χ3v) is 4.53. The molecule has 1 saturated heterocycles. The van der Waals surface area contributed by atoms with Crippen molar-refractivity contribution in [3.05, 3.63) is 28.2 Å². The van der Waals surface area contributed by atoms with E-state index in [0.717, 1.165) is 16.7 Å². The molecule has 2 unspecified atom stereocenters. The van der Waals surface area contributed by atoms with Crippen LogP contribution in [0.3, 0.4) is 0 Å². The van der Waals surface area contributed by atoms with Gasteiger partial charge in [-0.05, 0) is 52.9 Å². The summed E-state index contributed by atoms with van der Waals surface area (Å²) in [4.78, 5) is 13.5. The van der Waals surface area contributed by atoms with Crippen LogP contribution in [0.25, 0.3) is 0 Å². The fraction of sp³-hybridized carbons (Fsp3) is 0.500. The van der Waals surface area contributed by atoms with Crippen LogP contribution in [0.4, 0.5) is 5.69 Å². The number of anilines is 1. The first-order valence-corrected chi connectivity index (χ1v) is 7.40. The molecular weight excluding hydrogens is 306 g/mol. The molecule has 1 aromatic rings. The zero-order chi connectivity index (χ0) is 14.0. The lowest BCUT2D eigenvalue weighted by Gasteiger charge is -2.41. The van der Waals surface area contributed by atoms with Gasteiger partial charge < -0.3 is 16.4 Å². The van der Waals surface area contributed by atoms with Crippen molar-refractivity contribution in [1.82, 2.24) is 0 Å². The summed E-state index contributed by atoms with van der Waals surface area (Å²) in [5.74, 6) is 0.177. The van der Waals surface area contributed by atoms with Gasteiger partial charge in [-0.15, -0.1) is 0 Å². The maximum atomic E-state index is 11.2. The fourth-order valence-electron chi connectivity index (χ4n) is 2.80. The Morgan fingerprint density at radius 2 is 2.26 bits per heavy atom. The monoisotopic (exact) mass is 325 g/mol. The third kappa shape index (κ3) is 2.92. The maximum Gasteiger partial charge on any atom is 0.248 e. The molecule has 5 heteroatoms. The van der Waals surface area contributed by atoms with Crippen molar-refractivity contribution in [2.45, 2.75) is 25.8 Å². The van der Waals surface area contributed by atoms with E-state index in [2.05, 4.69) is 27.8 Å². The molecule has 1 amide bonds. The minimum absolute atomic E-state index is 0.351. The molecule has 1 heterocycles. The summed E-state index contributed by atoms with van der Waals surface area (Å²) in [6.45, 7) is 3.89. The maximum absolute atomic E-state index is 11.2. The van der Waals surface area contributed by atoms with Gasteiger partial charge in [0, 0.05) is 29.2 Å². The van der Waals surface area contributed by atoms with Gasteiger partial charge in [0.1, 0.15) is 0 Å². The predicted octanol–water partition coefficient (Wildman–Crippen LogP) is 2.11. The number of hydrogen-bond donors (Lipinski definition) is 2. The zero-order valence-corrected chi connectivity index (χ0v) is 12.7. The number of amides is 1. The first kappa shape index (κ1) is 14.3. The lowest BCUT2D eigenvalue weighted by molar-refractivity contribution is 0.1000. The van der Waals surface area contributed by atoms with E-state index in [1.165, 1.54) is 12.8 Å². The molecule has 2 rings (SSSR count). The smallest absolute Gasteiger partial charge is 0.248 e. The summed E-state index contributed by atoms with van der Waals surface area (Å²) >= 11 is 3.54. The first-order chi connectivity index (χ1) is 9.04. The van der Waals surface area contributed by atoms with Crippen LogP contribution in [0.15, 0.2) is 22.7 Å². The van der Waals surface area contributed by atoms with E-state index in [1.807, 2.05) is 6.07 Å². The molecule has 1 fully saturated rings. The number of nitrogens with two attached hydrogens (primary N) is 2. The lowest BCUT2D eigenvalue weighted by Crippen LogP contribution is -2.48. The number of primary amides is 1. The number of rotatable bonds is 3. The Balaban J connectivity index is 2.32. The minimum atomic E-state index is -0.408. The van der Waals surface area contributed by atoms with E-state index in [0.29, 0.717) is 24.1 Å². The third-order valence-electron chi connectivity index (χ3n) is 3.90. The Morgan fingerprint density at radius 3 is 2.84 bits per heavy atom. The Labute approximate surface area is 122 Å². The highest BCUT2D eigenvalue weighted by molar-refractivity contribution is 9.10. The van der Waals surface area contributed by atoms with Crippen molar-refractivity contribution in [1.29, 1.82) is 0 Å². The summed E-state index contributed by atoms with van der Waals surface area (Å²) in [7, 11) is 0. The van der Waals surface area contributed by atoms with Gasteiger partial charge >= 0.3 is 0 Å². The van der Waals surface area contributed by atoms with E-state index in [1.54, 1.807) is 12.1 Å². The molecule has 0 spiro atoms. The van der Waals surface area contributed by atoms with E-state index in [-0.39, 0.29) is 0 Å². The van der Waals surface area contributed by atoms with Crippen LogP contribution in [0.1, 0.15) is 30.1 Å². The van der Waals surface area contributed by atoms with Crippen LogP contribution < -0.4 is 16.4 Å². The number of carbonyl (C=O) groups is 1. The quantitative estimate of drug-likeness (QED) is 0.894. The highest BCUT2D eigenvalue weighted by Crippen LogP contribution is 2.33. The Bertz CT molecular complexity index is 478. The van der Waals surface area contributed by atoms with Crippen LogP contribution in [-0.2, 0) is 0 Å². The number of benzene rings is 1. The summed E-state index contributed by atoms with van der Waals surface area (Å²) < 4.78 is 0.899. The molecule has 1 aromatic carbocycles.